The van der Waals surface area contributed by atoms with Gasteiger partial charge in [0.05, 0.1) is 18.8 Å². The van der Waals surface area contributed by atoms with Crippen LogP contribution in [0, 0.1) is 6.92 Å². The predicted molar refractivity (Wildman–Crippen MR) is 82.8 cm³/mol. The highest BCUT2D eigenvalue weighted by Gasteiger charge is 2.15. The molecule has 1 heterocycles. The first-order valence-electron chi connectivity index (χ1n) is 7.15. The Hall–Kier alpha value is -2.69. The number of hydrogen-bond donors (Lipinski definition) is 2. The highest BCUT2D eigenvalue weighted by Crippen LogP contribution is 2.32. The lowest BCUT2D eigenvalue weighted by Crippen LogP contribution is -2.12. The number of fused-ring (bicyclic) bond motifs is 1. The van der Waals surface area contributed by atoms with Crippen LogP contribution in [0.1, 0.15) is 22.3 Å². The fourth-order valence-corrected chi connectivity index (χ4v) is 2.28. The monoisotopic (exact) mass is 299 g/mol. The smallest absolute Gasteiger partial charge is 0.259 e. The van der Waals surface area contributed by atoms with Gasteiger partial charge in [-0.15, -0.1) is 0 Å². The molecule has 0 radical (unpaired) electrons. The highest BCUT2D eigenvalue weighted by molar-refractivity contribution is 6.06. The van der Waals surface area contributed by atoms with E-state index in [9.17, 15) is 9.90 Å². The fraction of sp³-hybridized carbons (Fsp3) is 0.235. The van der Waals surface area contributed by atoms with E-state index in [0.717, 1.165) is 6.42 Å². The van der Waals surface area contributed by atoms with Gasteiger partial charge in [0.25, 0.3) is 5.91 Å². The highest BCUT2D eigenvalue weighted by atomic mass is 16.5. The fourth-order valence-electron chi connectivity index (χ4n) is 2.28. The summed E-state index contributed by atoms with van der Waals surface area (Å²) < 4.78 is 11.1. The van der Waals surface area contributed by atoms with E-state index in [1.54, 1.807) is 43.3 Å². The Labute approximate surface area is 128 Å². The number of carbonyl (C=O) groups excluding carboxylic acids is 1. The van der Waals surface area contributed by atoms with E-state index < -0.39 is 0 Å². The van der Waals surface area contributed by atoms with E-state index >= 15 is 0 Å². The molecule has 2 N–H and O–H groups in total. The van der Waals surface area contributed by atoms with Crippen molar-refractivity contribution in [1.29, 1.82) is 0 Å². The van der Waals surface area contributed by atoms with Gasteiger partial charge in [0.15, 0.2) is 11.5 Å². The Morgan fingerprint density at radius 1 is 1.14 bits per heavy atom. The Kier molecular flexibility index (Phi) is 3.87. The third-order valence-corrected chi connectivity index (χ3v) is 3.49. The molecule has 114 valence electrons. The Bertz CT molecular complexity index is 712. The molecule has 1 aliphatic rings. The first kappa shape index (κ1) is 14.3. The number of hydrogen-bond acceptors (Lipinski definition) is 4. The molecule has 3 rings (SSSR count). The van der Waals surface area contributed by atoms with Crippen molar-refractivity contribution in [3.63, 3.8) is 0 Å². The van der Waals surface area contributed by atoms with Gasteiger partial charge in [0, 0.05) is 18.2 Å². The number of aromatic hydroxyl groups is 1. The van der Waals surface area contributed by atoms with Crippen LogP contribution in [-0.4, -0.2) is 24.2 Å². The molecule has 2 aromatic carbocycles. The molecule has 0 saturated heterocycles. The first-order valence-corrected chi connectivity index (χ1v) is 7.15. The molecule has 1 aliphatic heterocycles. The molecule has 0 fully saturated rings. The molecule has 22 heavy (non-hydrogen) atoms. The number of aryl methyl sites for hydroxylation is 1. The molecule has 0 bridgehead atoms. The minimum absolute atomic E-state index is 0.00524. The number of amides is 1. The summed E-state index contributed by atoms with van der Waals surface area (Å²) in [6.45, 7) is 2.96. The lowest BCUT2D eigenvalue weighted by molar-refractivity contribution is 0.102. The quantitative estimate of drug-likeness (QED) is 0.894. The van der Waals surface area contributed by atoms with Gasteiger partial charge in [-0.05, 0) is 30.7 Å². The van der Waals surface area contributed by atoms with Gasteiger partial charge in [-0.25, -0.2) is 0 Å². The van der Waals surface area contributed by atoms with Gasteiger partial charge < -0.3 is 19.9 Å². The molecule has 0 unspecified atom stereocenters. The van der Waals surface area contributed by atoms with Crippen molar-refractivity contribution in [3.8, 4) is 17.2 Å². The van der Waals surface area contributed by atoms with Gasteiger partial charge in [-0.1, -0.05) is 12.1 Å². The van der Waals surface area contributed by atoms with E-state index in [1.165, 1.54) is 0 Å². The molecule has 1 amide bonds. The number of phenolic OH excluding ortho intramolecular Hbond substituents is 1. The number of anilines is 1. The summed E-state index contributed by atoms with van der Waals surface area (Å²) >= 11 is 0. The van der Waals surface area contributed by atoms with Crippen LogP contribution in [0.4, 0.5) is 5.69 Å². The van der Waals surface area contributed by atoms with E-state index in [0.29, 0.717) is 36.0 Å². The minimum Gasteiger partial charge on any atom is -0.507 e. The summed E-state index contributed by atoms with van der Waals surface area (Å²) in [6.07, 6.45) is 0.827. The molecule has 2 aromatic rings. The summed E-state index contributed by atoms with van der Waals surface area (Å²) in [4.78, 5) is 12.3. The average molecular weight is 299 g/mol. The van der Waals surface area contributed by atoms with Crippen molar-refractivity contribution >= 4 is 11.6 Å². The number of para-hydroxylation sites is 1. The molecule has 5 nitrogen and oxygen atoms in total. The van der Waals surface area contributed by atoms with Crippen molar-refractivity contribution in [2.75, 3.05) is 18.5 Å². The van der Waals surface area contributed by atoms with Crippen LogP contribution < -0.4 is 14.8 Å². The van der Waals surface area contributed by atoms with Crippen molar-refractivity contribution in [1.82, 2.24) is 0 Å². The van der Waals surface area contributed by atoms with Crippen molar-refractivity contribution in [2.24, 2.45) is 0 Å². The maximum absolute atomic E-state index is 12.3. The van der Waals surface area contributed by atoms with Gasteiger partial charge in [-0.2, -0.15) is 0 Å². The molecular formula is C17H17NO4. The molecule has 0 spiro atoms. The van der Waals surface area contributed by atoms with Crippen LogP contribution in [0.5, 0.6) is 17.2 Å². The van der Waals surface area contributed by atoms with Crippen LogP contribution in [0.15, 0.2) is 36.4 Å². The SMILES string of the molecule is Cc1cccc(C(=O)Nc2ccc3c(c2)OCCCO3)c1O. The van der Waals surface area contributed by atoms with Gasteiger partial charge >= 0.3 is 0 Å². The number of phenols is 1. The molecular weight excluding hydrogens is 282 g/mol. The van der Waals surface area contributed by atoms with Gasteiger partial charge in [0.1, 0.15) is 5.75 Å². The lowest BCUT2D eigenvalue weighted by atomic mass is 10.1. The zero-order chi connectivity index (χ0) is 15.5. The largest absolute Gasteiger partial charge is 0.507 e. The molecule has 0 aliphatic carbocycles. The number of benzene rings is 2. The summed E-state index contributed by atoms with van der Waals surface area (Å²) in [5.74, 6) is 0.919. The van der Waals surface area contributed by atoms with Crippen molar-refractivity contribution < 1.29 is 19.4 Å². The number of rotatable bonds is 2. The summed E-state index contributed by atoms with van der Waals surface area (Å²) in [5, 5.41) is 12.7. The Balaban J connectivity index is 1.82. The number of carbonyl (C=O) groups is 1. The molecule has 5 heteroatoms. The third kappa shape index (κ3) is 2.83. The molecule has 0 aromatic heterocycles. The third-order valence-electron chi connectivity index (χ3n) is 3.49. The standard InChI is InChI=1S/C17H17NO4/c1-11-4-2-5-13(16(11)19)17(20)18-12-6-7-14-15(10-12)22-9-3-8-21-14/h2,4-7,10,19H,3,8-9H2,1H3,(H,18,20). The lowest BCUT2D eigenvalue weighted by Gasteiger charge is -2.11. The Morgan fingerprint density at radius 3 is 2.73 bits per heavy atom. The molecule has 0 saturated carbocycles. The second-order valence-electron chi connectivity index (χ2n) is 5.14. The van der Waals surface area contributed by atoms with Crippen LogP contribution in [0.2, 0.25) is 0 Å². The maximum Gasteiger partial charge on any atom is 0.259 e. The molecule has 0 atom stereocenters. The first-order chi connectivity index (χ1) is 10.6. The van der Waals surface area contributed by atoms with Crippen LogP contribution in [0.3, 0.4) is 0 Å². The van der Waals surface area contributed by atoms with Crippen LogP contribution in [-0.2, 0) is 0 Å². The van der Waals surface area contributed by atoms with E-state index in [1.807, 2.05) is 0 Å². The van der Waals surface area contributed by atoms with Crippen molar-refractivity contribution in [3.05, 3.63) is 47.5 Å². The topological polar surface area (TPSA) is 67.8 Å². The summed E-state index contributed by atoms with van der Waals surface area (Å²) in [5.41, 5.74) is 1.49. The minimum atomic E-state index is -0.365. The predicted octanol–water partition coefficient (Wildman–Crippen LogP) is 3.11. The van der Waals surface area contributed by atoms with E-state index in [4.69, 9.17) is 9.47 Å². The average Bonchev–Trinajstić information content (AvgIpc) is 2.74. The van der Waals surface area contributed by atoms with E-state index in [-0.39, 0.29) is 17.2 Å². The second-order valence-corrected chi connectivity index (χ2v) is 5.14. The van der Waals surface area contributed by atoms with Gasteiger partial charge in [0.2, 0.25) is 0 Å². The normalized spacial score (nSPS) is 13.3. The second kappa shape index (κ2) is 5.97. The Morgan fingerprint density at radius 2 is 1.91 bits per heavy atom. The zero-order valence-electron chi connectivity index (χ0n) is 12.3. The zero-order valence-corrected chi connectivity index (χ0v) is 12.3. The van der Waals surface area contributed by atoms with Crippen LogP contribution in [0.25, 0.3) is 0 Å². The van der Waals surface area contributed by atoms with Crippen LogP contribution >= 0.6 is 0 Å². The summed E-state index contributed by atoms with van der Waals surface area (Å²) in [7, 11) is 0. The van der Waals surface area contributed by atoms with Gasteiger partial charge in [-0.3, -0.25) is 4.79 Å². The van der Waals surface area contributed by atoms with Crippen molar-refractivity contribution in [2.45, 2.75) is 13.3 Å². The number of nitrogens with one attached hydrogen (secondary N) is 1. The summed E-state index contributed by atoms with van der Waals surface area (Å²) in [6, 6.07) is 10.3. The maximum atomic E-state index is 12.3. The van der Waals surface area contributed by atoms with E-state index in [2.05, 4.69) is 5.32 Å². The number of ether oxygens (including phenoxy) is 2.